The molecule has 4 nitrogen and oxygen atoms in total. The molecule has 0 fully saturated rings. The van der Waals surface area contributed by atoms with Gasteiger partial charge in [0.15, 0.2) is 0 Å². The van der Waals surface area contributed by atoms with Crippen molar-refractivity contribution in [3.05, 3.63) is 59.7 Å². The summed E-state index contributed by atoms with van der Waals surface area (Å²) in [5, 5.41) is 2.79. The average Bonchev–Trinajstić information content (AvgIpc) is 2.90. The Morgan fingerprint density at radius 3 is 2.52 bits per heavy atom. The van der Waals surface area contributed by atoms with Crippen molar-refractivity contribution in [2.24, 2.45) is 0 Å². The Hall–Kier alpha value is -2.62. The van der Waals surface area contributed by atoms with Gasteiger partial charge in [0.2, 0.25) is 5.91 Å². The van der Waals surface area contributed by atoms with Crippen LogP contribution in [0.3, 0.4) is 0 Å². The SMILES string of the molecule is CCC(=O)Nc1ccc(C(=O)N2c3ccccc3CC2C)cc1. The molecule has 2 aromatic rings. The molecule has 1 aliphatic heterocycles. The first kappa shape index (κ1) is 15.3. The van der Waals surface area contributed by atoms with Gasteiger partial charge in [0, 0.05) is 29.4 Å². The third kappa shape index (κ3) is 2.97. The van der Waals surface area contributed by atoms with E-state index in [4.69, 9.17) is 0 Å². The van der Waals surface area contributed by atoms with Crippen molar-refractivity contribution in [2.45, 2.75) is 32.7 Å². The van der Waals surface area contributed by atoms with Crippen molar-refractivity contribution in [1.29, 1.82) is 0 Å². The minimum atomic E-state index is -0.0360. The molecule has 0 saturated carbocycles. The fraction of sp³-hybridized carbons (Fsp3) is 0.263. The summed E-state index contributed by atoms with van der Waals surface area (Å²) in [4.78, 5) is 26.1. The van der Waals surface area contributed by atoms with Gasteiger partial charge in [-0.3, -0.25) is 9.59 Å². The number of hydrogen-bond acceptors (Lipinski definition) is 2. The van der Waals surface area contributed by atoms with Crippen LogP contribution in [0.2, 0.25) is 0 Å². The van der Waals surface area contributed by atoms with E-state index in [0.29, 0.717) is 17.7 Å². The molecule has 1 heterocycles. The first-order valence-corrected chi connectivity index (χ1v) is 7.91. The van der Waals surface area contributed by atoms with E-state index in [1.807, 2.05) is 23.1 Å². The van der Waals surface area contributed by atoms with Crippen molar-refractivity contribution in [2.75, 3.05) is 10.2 Å². The first-order valence-electron chi connectivity index (χ1n) is 7.91. The maximum Gasteiger partial charge on any atom is 0.258 e. The Kier molecular flexibility index (Phi) is 4.15. The predicted molar refractivity (Wildman–Crippen MR) is 91.8 cm³/mol. The van der Waals surface area contributed by atoms with E-state index < -0.39 is 0 Å². The van der Waals surface area contributed by atoms with Gasteiger partial charge in [-0.2, -0.15) is 0 Å². The van der Waals surface area contributed by atoms with Crippen LogP contribution in [0.25, 0.3) is 0 Å². The second kappa shape index (κ2) is 6.24. The average molecular weight is 308 g/mol. The number of amides is 2. The van der Waals surface area contributed by atoms with Crippen LogP contribution in [-0.4, -0.2) is 17.9 Å². The van der Waals surface area contributed by atoms with Crippen LogP contribution in [-0.2, 0) is 11.2 Å². The third-order valence-electron chi connectivity index (χ3n) is 4.16. The molecular weight excluding hydrogens is 288 g/mol. The quantitative estimate of drug-likeness (QED) is 0.941. The maximum atomic E-state index is 12.8. The molecule has 0 aromatic heterocycles. The Morgan fingerprint density at radius 1 is 1.13 bits per heavy atom. The van der Waals surface area contributed by atoms with Gasteiger partial charge < -0.3 is 10.2 Å². The molecular formula is C19H20N2O2. The van der Waals surface area contributed by atoms with Gasteiger partial charge >= 0.3 is 0 Å². The zero-order valence-corrected chi connectivity index (χ0v) is 13.4. The Balaban J connectivity index is 1.82. The lowest BCUT2D eigenvalue weighted by atomic mass is 10.1. The van der Waals surface area contributed by atoms with Gasteiger partial charge in [-0.1, -0.05) is 25.1 Å². The largest absolute Gasteiger partial charge is 0.326 e. The van der Waals surface area contributed by atoms with Crippen LogP contribution in [0.5, 0.6) is 0 Å². The van der Waals surface area contributed by atoms with Gasteiger partial charge in [0.1, 0.15) is 0 Å². The summed E-state index contributed by atoms with van der Waals surface area (Å²) in [6, 6.07) is 15.3. The molecule has 118 valence electrons. The van der Waals surface area contributed by atoms with E-state index in [9.17, 15) is 9.59 Å². The molecule has 2 aromatic carbocycles. The highest BCUT2D eigenvalue weighted by Crippen LogP contribution is 2.33. The topological polar surface area (TPSA) is 49.4 Å². The van der Waals surface area contributed by atoms with Crippen LogP contribution < -0.4 is 10.2 Å². The number of carbonyl (C=O) groups is 2. The number of nitrogens with one attached hydrogen (secondary N) is 1. The summed E-state index contributed by atoms with van der Waals surface area (Å²) >= 11 is 0. The highest BCUT2D eigenvalue weighted by atomic mass is 16.2. The summed E-state index contributed by atoms with van der Waals surface area (Å²) in [6.07, 6.45) is 1.31. The number of fused-ring (bicyclic) bond motifs is 1. The zero-order valence-electron chi connectivity index (χ0n) is 13.4. The monoisotopic (exact) mass is 308 g/mol. The summed E-state index contributed by atoms with van der Waals surface area (Å²) in [5.41, 5.74) is 3.54. The first-order chi connectivity index (χ1) is 11.1. The summed E-state index contributed by atoms with van der Waals surface area (Å²) < 4.78 is 0. The molecule has 23 heavy (non-hydrogen) atoms. The fourth-order valence-electron chi connectivity index (χ4n) is 2.96. The molecule has 1 atom stereocenters. The number of carbonyl (C=O) groups excluding carboxylic acids is 2. The lowest BCUT2D eigenvalue weighted by Gasteiger charge is -2.23. The van der Waals surface area contributed by atoms with Gasteiger partial charge in [0.25, 0.3) is 5.91 Å². The minimum absolute atomic E-state index is 0.00387. The lowest BCUT2D eigenvalue weighted by molar-refractivity contribution is -0.115. The van der Waals surface area contributed by atoms with Gasteiger partial charge in [0.05, 0.1) is 0 Å². The van der Waals surface area contributed by atoms with Crippen LogP contribution in [0.1, 0.15) is 36.2 Å². The number of benzene rings is 2. The molecule has 3 rings (SSSR count). The van der Waals surface area contributed by atoms with E-state index in [-0.39, 0.29) is 17.9 Å². The van der Waals surface area contributed by atoms with Crippen LogP contribution in [0, 0.1) is 0 Å². The number of rotatable bonds is 3. The molecule has 4 heteroatoms. The van der Waals surface area contributed by atoms with Gasteiger partial charge in [-0.25, -0.2) is 0 Å². The highest BCUT2D eigenvalue weighted by molar-refractivity contribution is 6.08. The summed E-state index contributed by atoms with van der Waals surface area (Å²) in [6.45, 7) is 3.87. The van der Waals surface area contributed by atoms with Crippen molar-refractivity contribution in [1.82, 2.24) is 0 Å². The van der Waals surface area contributed by atoms with Crippen molar-refractivity contribution < 1.29 is 9.59 Å². The smallest absolute Gasteiger partial charge is 0.258 e. The van der Waals surface area contributed by atoms with Crippen LogP contribution in [0.15, 0.2) is 48.5 Å². The van der Waals surface area contributed by atoms with Crippen LogP contribution in [0.4, 0.5) is 11.4 Å². The number of nitrogens with zero attached hydrogens (tertiary/aromatic N) is 1. The predicted octanol–water partition coefficient (Wildman–Crippen LogP) is 3.63. The second-order valence-corrected chi connectivity index (χ2v) is 5.84. The Labute approximate surface area is 136 Å². The summed E-state index contributed by atoms with van der Waals surface area (Å²) in [5.74, 6) is -0.0398. The van der Waals surface area contributed by atoms with E-state index in [0.717, 1.165) is 12.1 Å². The van der Waals surface area contributed by atoms with E-state index in [2.05, 4.69) is 18.3 Å². The molecule has 0 spiro atoms. The van der Waals surface area contributed by atoms with Gasteiger partial charge in [-0.05, 0) is 49.2 Å². The van der Waals surface area contributed by atoms with Crippen molar-refractivity contribution in [3.8, 4) is 0 Å². The van der Waals surface area contributed by atoms with E-state index in [1.165, 1.54) is 5.56 Å². The second-order valence-electron chi connectivity index (χ2n) is 5.84. The maximum absolute atomic E-state index is 12.8. The normalized spacial score (nSPS) is 16.1. The summed E-state index contributed by atoms with van der Waals surface area (Å²) in [7, 11) is 0. The Bertz CT molecular complexity index is 737. The number of para-hydroxylation sites is 1. The van der Waals surface area contributed by atoms with E-state index in [1.54, 1.807) is 31.2 Å². The van der Waals surface area contributed by atoms with Gasteiger partial charge in [-0.15, -0.1) is 0 Å². The molecule has 1 N–H and O–H groups in total. The van der Waals surface area contributed by atoms with Crippen molar-refractivity contribution in [3.63, 3.8) is 0 Å². The molecule has 1 aliphatic rings. The lowest BCUT2D eigenvalue weighted by Crippen LogP contribution is -2.35. The molecule has 0 aliphatic carbocycles. The fourth-order valence-corrected chi connectivity index (χ4v) is 2.96. The molecule has 2 amide bonds. The molecule has 0 radical (unpaired) electrons. The minimum Gasteiger partial charge on any atom is -0.326 e. The van der Waals surface area contributed by atoms with Crippen LogP contribution >= 0.6 is 0 Å². The van der Waals surface area contributed by atoms with E-state index >= 15 is 0 Å². The Morgan fingerprint density at radius 2 is 1.83 bits per heavy atom. The van der Waals surface area contributed by atoms with Crippen molar-refractivity contribution >= 4 is 23.2 Å². The third-order valence-corrected chi connectivity index (χ3v) is 4.16. The zero-order chi connectivity index (χ0) is 16.4. The molecule has 0 bridgehead atoms. The number of anilines is 2. The molecule has 1 unspecified atom stereocenters. The molecule has 0 saturated heterocycles. The number of hydrogen-bond donors (Lipinski definition) is 1. The highest BCUT2D eigenvalue weighted by Gasteiger charge is 2.31. The standard InChI is InChI=1S/C19H20N2O2/c1-3-18(22)20-16-10-8-14(9-11-16)19(23)21-13(2)12-15-6-4-5-7-17(15)21/h4-11,13H,3,12H2,1-2H3,(H,20,22).